The van der Waals surface area contributed by atoms with Crippen molar-refractivity contribution < 1.29 is 19.1 Å². The molecule has 6 heteroatoms. The molecule has 2 amide bonds. The Morgan fingerprint density at radius 3 is 2.62 bits per heavy atom. The standard InChI is InChI=1S/C26H26N2O4/c1-19-8-11-22(12-9-19)31-15-5-14-28-23-17-21(10-13-24(23)32-18-26(28)30)27-25(29)16-20-6-3-2-4-7-20/h2-4,6-13,17H,5,14-16,18H2,1H3,(H,27,29). The van der Waals surface area contributed by atoms with Gasteiger partial charge in [0.2, 0.25) is 5.91 Å². The number of rotatable bonds is 8. The summed E-state index contributed by atoms with van der Waals surface area (Å²) in [5, 5.41) is 2.91. The van der Waals surface area contributed by atoms with Gasteiger partial charge in [0.15, 0.2) is 6.61 Å². The van der Waals surface area contributed by atoms with E-state index in [0.29, 0.717) is 36.7 Å². The fourth-order valence-corrected chi connectivity index (χ4v) is 3.56. The summed E-state index contributed by atoms with van der Waals surface area (Å²) >= 11 is 0. The highest BCUT2D eigenvalue weighted by molar-refractivity contribution is 5.99. The predicted octanol–water partition coefficient (Wildman–Crippen LogP) is 4.37. The van der Waals surface area contributed by atoms with E-state index in [1.807, 2.05) is 61.5 Å². The Balaban J connectivity index is 1.38. The number of carbonyl (C=O) groups is 2. The summed E-state index contributed by atoms with van der Waals surface area (Å²) in [6.07, 6.45) is 0.955. The zero-order valence-electron chi connectivity index (χ0n) is 18.0. The molecule has 0 saturated carbocycles. The number of hydrogen-bond acceptors (Lipinski definition) is 4. The Bertz CT molecular complexity index is 1080. The lowest BCUT2D eigenvalue weighted by Crippen LogP contribution is -2.39. The number of amides is 2. The van der Waals surface area contributed by atoms with Crippen LogP contribution >= 0.6 is 0 Å². The van der Waals surface area contributed by atoms with Crippen LogP contribution in [0.2, 0.25) is 0 Å². The molecule has 1 N–H and O–H groups in total. The van der Waals surface area contributed by atoms with E-state index < -0.39 is 0 Å². The average Bonchev–Trinajstić information content (AvgIpc) is 2.79. The molecule has 3 aromatic rings. The molecule has 6 nitrogen and oxygen atoms in total. The van der Waals surface area contributed by atoms with Crippen LogP contribution in [0, 0.1) is 6.92 Å². The number of anilines is 2. The van der Waals surface area contributed by atoms with Gasteiger partial charge in [0.25, 0.3) is 5.91 Å². The molecule has 164 valence electrons. The zero-order valence-corrected chi connectivity index (χ0v) is 18.0. The molecule has 0 aromatic heterocycles. The Kier molecular flexibility index (Phi) is 6.70. The van der Waals surface area contributed by atoms with Crippen molar-refractivity contribution in [2.75, 3.05) is 30.0 Å². The van der Waals surface area contributed by atoms with Crippen molar-refractivity contribution in [2.45, 2.75) is 19.8 Å². The molecule has 32 heavy (non-hydrogen) atoms. The quantitative estimate of drug-likeness (QED) is 0.539. The summed E-state index contributed by atoms with van der Waals surface area (Å²) < 4.78 is 11.4. The van der Waals surface area contributed by atoms with E-state index in [4.69, 9.17) is 9.47 Å². The molecule has 0 atom stereocenters. The summed E-state index contributed by atoms with van der Waals surface area (Å²) in [6, 6.07) is 22.8. The fourth-order valence-electron chi connectivity index (χ4n) is 3.56. The number of nitrogens with one attached hydrogen (secondary N) is 1. The van der Waals surface area contributed by atoms with E-state index in [0.717, 1.165) is 11.3 Å². The Morgan fingerprint density at radius 2 is 1.84 bits per heavy atom. The Hall–Kier alpha value is -3.80. The normalized spacial score (nSPS) is 12.7. The molecule has 0 unspecified atom stereocenters. The number of carbonyl (C=O) groups excluding carboxylic acids is 2. The molecule has 1 aliphatic heterocycles. The van der Waals surface area contributed by atoms with Crippen LogP contribution < -0.4 is 19.7 Å². The minimum Gasteiger partial charge on any atom is -0.494 e. The molecule has 1 heterocycles. The van der Waals surface area contributed by atoms with Crippen molar-refractivity contribution in [3.63, 3.8) is 0 Å². The van der Waals surface area contributed by atoms with Gasteiger partial charge in [-0.15, -0.1) is 0 Å². The summed E-state index contributed by atoms with van der Waals surface area (Å²) in [4.78, 5) is 26.6. The second-order valence-corrected chi connectivity index (χ2v) is 7.74. The first kappa shape index (κ1) is 21.4. The van der Waals surface area contributed by atoms with E-state index in [-0.39, 0.29) is 24.8 Å². The lowest BCUT2D eigenvalue weighted by Gasteiger charge is -2.30. The largest absolute Gasteiger partial charge is 0.494 e. The highest BCUT2D eigenvalue weighted by atomic mass is 16.5. The smallest absolute Gasteiger partial charge is 0.265 e. The van der Waals surface area contributed by atoms with Gasteiger partial charge >= 0.3 is 0 Å². The van der Waals surface area contributed by atoms with Crippen molar-refractivity contribution >= 4 is 23.2 Å². The summed E-state index contributed by atoms with van der Waals surface area (Å²) in [7, 11) is 0. The average molecular weight is 431 g/mol. The number of nitrogens with zero attached hydrogens (tertiary/aromatic N) is 1. The molecule has 0 fully saturated rings. The van der Waals surface area contributed by atoms with E-state index in [2.05, 4.69) is 5.32 Å². The van der Waals surface area contributed by atoms with Gasteiger partial charge in [0.05, 0.1) is 18.7 Å². The van der Waals surface area contributed by atoms with E-state index in [9.17, 15) is 9.59 Å². The number of ether oxygens (including phenoxy) is 2. The molecule has 0 bridgehead atoms. The highest BCUT2D eigenvalue weighted by Crippen LogP contribution is 2.34. The fraction of sp³-hybridized carbons (Fsp3) is 0.231. The van der Waals surface area contributed by atoms with Crippen LogP contribution in [0.4, 0.5) is 11.4 Å². The summed E-state index contributed by atoms with van der Waals surface area (Å²) in [5.41, 5.74) is 3.41. The van der Waals surface area contributed by atoms with Gasteiger partial charge in [-0.2, -0.15) is 0 Å². The first-order valence-corrected chi connectivity index (χ1v) is 10.7. The SMILES string of the molecule is Cc1ccc(OCCCN2C(=O)COc3ccc(NC(=O)Cc4ccccc4)cc32)cc1. The maximum absolute atomic E-state index is 12.5. The molecule has 0 saturated heterocycles. The second kappa shape index (κ2) is 10.0. The summed E-state index contributed by atoms with van der Waals surface area (Å²) in [6.45, 7) is 3.04. The first-order valence-electron chi connectivity index (χ1n) is 10.7. The van der Waals surface area contributed by atoms with E-state index >= 15 is 0 Å². The topological polar surface area (TPSA) is 67.9 Å². The van der Waals surface area contributed by atoms with E-state index in [1.165, 1.54) is 5.56 Å². The number of fused-ring (bicyclic) bond motifs is 1. The Morgan fingerprint density at radius 1 is 1.06 bits per heavy atom. The molecule has 0 aliphatic carbocycles. The van der Waals surface area contributed by atoms with Gasteiger partial charge in [-0.3, -0.25) is 9.59 Å². The molecular weight excluding hydrogens is 404 g/mol. The van der Waals surface area contributed by atoms with Crippen LogP contribution in [0.1, 0.15) is 17.5 Å². The van der Waals surface area contributed by atoms with Crippen LogP contribution in [0.3, 0.4) is 0 Å². The van der Waals surface area contributed by atoms with Crippen molar-refractivity contribution in [3.8, 4) is 11.5 Å². The third-order valence-corrected chi connectivity index (χ3v) is 5.21. The molecule has 1 aliphatic rings. The van der Waals surface area contributed by atoms with Crippen molar-refractivity contribution in [1.82, 2.24) is 0 Å². The van der Waals surface area contributed by atoms with Crippen LogP contribution in [-0.2, 0) is 16.0 Å². The minimum absolute atomic E-state index is 0.00549. The minimum atomic E-state index is -0.114. The van der Waals surface area contributed by atoms with Gasteiger partial charge in [-0.25, -0.2) is 0 Å². The maximum Gasteiger partial charge on any atom is 0.265 e. The number of benzene rings is 3. The van der Waals surface area contributed by atoms with Crippen molar-refractivity contribution in [2.24, 2.45) is 0 Å². The third kappa shape index (κ3) is 5.46. The number of hydrogen-bond donors (Lipinski definition) is 1. The first-order chi connectivity index (χ1) is 15.6. The maximum atomic E-state index is 12.5. The molecule has 4 rings (SSSR count). The highest BCUT2D eigenvalue weighted by Gasteiger charge is 2.25. The van der Waals surface area contributed by atoms with Crippen LogP contribution in [-0.4, -0.2) is 31.6 Å². The van der Waals surface area contributed by atoms with Crippen LogP contribution in [0.5, 0.6) is 11.5 Å². The third-order valence-electron chi connectivity index (χ3n) is 5.21. The van der Waals surface area contributed by atoms with Crippen LogP contribution in [0.15, 0.2) is 72.8 Å². The predicted molar refractivity (Wildman–Crippen MR) is 124 cm³/mol. The molecule has 0 spiro atoms. The molecule has 3 aromatic carbocycles. The lowest BCUT2D eigenvalue weighted by atomic mass is 10.1. The number of aryl methyl sites for hydroxylation is 1. The van der Waals surface area contributed by atoms with Crippen molar-refractivity contribution in [1.29, 1.82) is 0 Å². The Labute approximate surface area is 187 Å². The van der Waals surface area contributed by atoms with Crippen LogP contribution in [0.25, 0.3) is 0 Å². The monoisotopic (exact) mass is 430 g/mol. The molecular formula is C26H26N2O4. The van der Waals surface area contributed by atoms with Gasteiger partial charge in [-0.05, 0) is 49.2 Å². The summed E-state index contributed by atoms with van der Waals surface area (Å²) in [5.74, 6) is 1.22. The van der Waals surface area contributed by atoms with Gasteiger partial charge in [-0.1, -0.05) is 48.0 Å². The lowest BCUT2D eigenvalue weighted by molar-refractivity contribution is -0.121. The van der Waals surface area contributed by atoms with Gasteiger partial charge < -0.3 is 19.7 Å². The van der Waals surface area contributed by atoms with Crippen molar-refractivity contribution in [3.05, 3.63) is 83.9 Å². The van der Waals surface area contributed by atoms with Gasteiger partial charge in [0.1, 0.15) is 11.5 Å². The van der Waals surface area contributed by atoms with E-state index in [1.54, 1.807) is 23.1 Å². The van der Waals surface area contributed by atoms with Gasteiger partial charge in [0, 0.05) is 12.2 Å². The second-order valence-electron chi connectivity index (χ2n) is 7.74. The molecule has 0 radical (unpaired) electrons. The zero-order chi connectivity index (χ0) is 22.3.